The van der Waals surface area contributed by atoms with E-state index in [9.17, 15) is 0 Å². The number of hydrogen-bond acceptors (Lipinski definition) is 3. The van der Waals surface area contributed by atoms with Gasteiger partial charge in [0, 0.05) is 6.42 Å². The Hall–Kier alpha value is -0.860. The van der Waals surface area contributed by atoms with Crippen LogP contribution >= 0.6 is 0 Å². The van der Waals surface area contributed by atoms with Gasteiger partial charge in [-0.3, -0.25) is 5.41 Å². The molecule has 0 aromatic rings. The lowest BCUT2D eigenvalue weighted by atomic mass is 10.3. The Labute approximate surface area is 61.6 Å². The van der Waals surface area contributed by atoms with Crippen LogP contribution in [0.4, 0.5) is 0 Å². The van der Waals surface area contributed by atoms with E-state index in [1.54, 1.807) is 0 Å². The van der Waals surface area contributed by atoms with Gasteiger partial charge in [0.25, 0.3) is 0 Å². The Bertz CT molecular complexity index is 137. The Balaban J connectivity index is 3.49. The molecule has 58 valence electrons. The summed E-state index contributed by atoms with van der Waals surface area (Å²) in [6.45, 7) is 5.67. The molecule has 0 radical (unpaired) electrons. The Kier molecular flexibility index (Phi) is 4.54. The van der Waals surface area contributed by atoms with E-state index in [4.69, 9.17) is 10.2 Å². The maximum absolute atomic E-state index is 7.15. The maximum Gasteiger partial charge on any atom is 0.217 e. The van der Waals surface area contributed by atoms with Gasteiger partial charge in [-0.15, -0.1) is 0 Å². The molecule has 0 amide bonds. The molecule has 3 nitrogen and oxygen atoms in total. The third-order valence-electron chi connectivity index (χ3n) is 0.815. The molecule has 0 aromatic heterocycles. The van der Waals surface area contributed by atoms with Crippen LogP contribution in [-0.4, -0.2) is 11.6 Å². The van der Waals surface area contributed by atoms with Crippen molar-refractivity contribution in [1.82, 2.24) is 0 Å². The molecule has 0 unspecified atom stereocenters. The third-order valence-corrected chi connectivity index (χ3v) is 0.815. The van der Waals surface area contributed by atoms with Gasteiger partial charge in [-0.2, -0.15) is 0 Å². The predicted molar refractivity (Wildman–Crippen MR) is 42.5 cm³/mol. The summed E-state index contributed by atoms with van der Waals surface area (Å²) < 4.78 is 0. The van der Waals surface area contributed by atoms with Crippen LogP contribution in [-0.2, 0) is 4.84 Å². The van der Waals surface area contributed by atoms with E-state index in [0.29, 0.717) is 6.42 Å². The van der Waals surface area contributed by atoms with Crippen molar-refractivity contribution >= 4 is 11.6 Å². The second kappa shape index (κ2) is 4.97. The van der Waals surface area contributed by atoms with Gasteiger partial charge in [0.1, 0.15) is 0 Å². The zero-order chi connectivity index (χ0) is 7.98. The van der Waals surface area contributed by atoms with Crippen molar-refractivity contribution in [3.63, 3.8) is 0 Å². The van der Waals surface area contributed by atoms with Crippen molar-refractivity contribution in [2.75, 3.05) is 0 Å². The highest BCUT2D eigenvalue weighted by Crippen LogP contribution is 1.92. The van der Waals surface area contributed by atoms with Crippen molar-refractivity contribution in [2.45, 2.75) is 33.6 Å². The number of oxime groups is 1. The average Bonchev–Trinajstić information content (AvgIpc) is 1.85. The summed E-state index contributed by atoms with van der Waals surface area (Å²) in [6, 6.07) is 0. The van der Waals surface area contributed by atoms with Crippen LogP contribution in [0, 0.1) is 5.41 Å². The number of rotatable bonds is 3. The summed E-state index contributed by atoms with van der Waals surface area (Å²) in [7, 11) is 0. The second-order valence-corrected chi connectivity index (χ2v) is 2.30. The van der Waals surface area contributed by atoms with E-state index in [1.165, 1.54) is 0 Å². The molecule has 0 aliphatic heterocycles. The van der Waals surface area contributed by atoms with E-state index in [0.717, 1.165) is 12.1 Å². The topological polar surface area (TPSA) is 45.4 Å². The predicted octanol–water partition coefficient (Wildman–Crippen LogP) is 2.18. The minimum Gasteiger partial charge on any atom is -0.342 e. The van der Waals surface area contributed by atoms with Crippen molar-refractivity contribution in [3.05, 3.63) is 0 Å². The molecule has 0 saturated heterocycles. The van der Waals surface area contributed by atoms with Gasteiger partial charge in [-0.1, -0.05) is 12.1 Å². The number of nitrogens with zero attached hydrogens (tertiary/aromatic N) is 1. The third kappa shape index (κ3) is 5.28. The molecule has 0 atom stereocenters. The molecule has 10 heavy (non-hydrogen) atoms. The minimum atomic E-state index is 0.240. The van der Waals surface area contributed by atoms with Crippen LogP contribution in [0.3, 0.4) is 0 Å². The lowest BCUT2D eigenvalue weighted by molar-refractivity contribution is 0.313. The van der Waals surface area contributed by atoms with Gasteiger partial charge in [0.05, 0.1) is 5.71 Å². The molecule has 3 heteroatoms. The van der Waals surface area contributed by atoms with Crippen LogP contribution in [0.5, 0.6) is 0 Å². The van der Waals surface area contributed by atoms with Crippen molar-refractivity contribution in [1.29, 1.82) is 5.41 Å². The van der Waals surface area contributed by atoms with Gasteiger partial charge >= 0.3 is 0 Å². The summed E-state index contributed by atoms with van der Waals surface area (Å²) in [5.41, 5.74) is 0.834. The normalized spacial score (nSPS) is 8.70. The lowest BCUT2D eigenvalue weighted by Gasteiger charge is -1.97. The molecule has 0 spiro atoms. The summed E-state index contributed by atoms with van der Waals surface area (Å²) in [5, 5.41) is 10.8. The van der Waals surface area contributed by atoms with Gasteiger partial charge in [0.2, 0.25) is 5.90 Å². The first kappa shape index (κ1) is 9.14. The highest BCUT2D eigenvalue weighted by Gasteiger charge is 1.92. The fourth-order valence-electron chi connectivity index (χ4n) is 0.419. The Morgan fingerprint density at radius 3 is 2.50 bits per heavy atom. The zero-order valence-corrected chi connectivity index (χ0v) is 6.77. The van der Waals surface area contributed by atoms with Crippen LogP contribution in [0.2, 0.25) is 0 Å². The van der Waals surface area contributed by atoms with E-state index in [2.05, 4.69) is 5.16 Å². The Morgan fingerprint density at radius 1 is 1.50 bits per heavy atom. The molecular formula is C7H14N2O. The van der Waals surface area contributed by atoms with Gasteiger partial charge in [-0.05, 0) is 20.3 Å². The highest BCUT2D eigenvalue weighted by atomic mass is 16.6. The van der Waals surface area contributed by atoms with E-state index < -0.39 is 0 Å². The van der Waals surface area contributed by atoms with Gasteiger partial charge in [0.15, 0.2) is 0 Å². The average molecular weight is 142 g/mol. The molecule has 0 aromatic carbocycles. The molecular weight excluding hydrogens is 128 g/mol. The number of hydrogen-bond donors (Lipinski definition) is 1. The molecule has 0 rings (SSSR count). The van der Waals surface area contributed by atoms with Crippen LogP contribution in [0.1, 0.15) is 33.6 Å². The molecule has 0 saturated carbocycles. The Morgan fingerprint density at radius 2 is 2.10 bits per heavy atom. The largest absolute Gasteiger partial charge is 0.342 e. The fraction of sp³-hybridized carbons (Fsp3) is 0.714. The highest BCUT2D eigenvalue weighted by molar-refractivity contribution is 5.80. The first-order valence-corrected chi connectivity index (χ1v) is 3.42. The van der Waals surface area contributed by atoms with Crippen molar-refractivity contribution < 1.29 is 4.84 Å². The summed E-state index contributed by atoms with van der Waals surface area (Å²) in [4.78, 5) is 4.72. The monoisotopic (exact) mass is 142 g/mol. The molecule has 0 heterocycles. The standard InChI is InChI=1S/C7H14N2O/c1-4-5-7(8)10-9-6(2)3/h8H,4-5H2,1-3H3. The van der Waals surface area contributed by atoms with Gasteiger partial charge < -0.3 is 4.84 Å². The summed E-state index contributed by atoms with van der Waals surface area (Å²) in [5.74, 6) is 0.240. The minimum absolute atomic E-state index is 0.240. The van der Waals surface area contributed by atoms with E-state index >= 15 is 0 Å². The summed E-state index contributed by atoms with van der Waals surface area (Å²) >= 11 is 0. The summed E-state index contributed by atoms with van der Waals surface area (Å²) in [6.07, 6.45) is 1.59. The van der Waals surface area contributed by atoms with Crippen LogP contribution < -0.4 is 0 Å². The lowest BCUT2D eigenvalue weighted by Crippen LogP contribution is -1.98. The smallest absolute Gasteiger partial charge is 0.217 e. The van der Waals surface area contributed by atoms with Gasteiger partial charge in [-0.25, -0.2) is 0 Å². The molecule has 0 aliphatic carbocycles. The van der Waals surface area contributed by atoms with Crippen LogP contribution in [0.15, 0.2) is 5.16 Å². The van der Waals surface area contributed by atoms with E-state index in [1.807, 2.05) is 20.8 Å². The first-order valence-electron chi connectivity index (χ1n) is 3.42. The van der Waals surface area contributed by atoms with Crippen molar-refractivity contribution in [3.8, 4) is 0 Å². The molecule has 1 N–H and O–H groups in total. The van der Waals surface area contributed by atoms with Crippen LogP contribution in [0.25, 0.3) is 0 Å². The fourth-order valence-corrected chi connectivity index (χ4v) is 0.419. The number of nitrogens with one attached hydrogen (secondary N) is 1. The SMILES string of the molecule is CCCC(=N)ON=C(C)C. The zero-order valence-electron chi connectivity index (χ0n) is 6.77. The van der Waals surface area contributed by atoms with Crippen molar-refractivity contribution in [2.24, 2.45) is 5.16 Å². The quantitative estimate of drug-likeness (QED) is 0.366. The molecule has 0 bridgehead atoms. The van der Waals surface area contributed by atoms with E-state index in [-0.39, 0.29) is 5.90 Å². The molecule has 0 fully saturated rings. The second-order valence-electron chi connectivity index (χ2n) is 2.30. The first-order chi connectivity index (χ1) is 4.66. The maximum atomic E-state index is 7.15. The molecule has 0 aliphatic rings.